The number of hydrogen-bond donors (Lipinski definition) is 0. The Kier molecular flexibility index (Phi) is 4.29. The van der Waals surface area contributed by atoms with Crippen LogP contribution in [0.3, 0.4) is 0 Å². The second-order valence-electron chi connectivity index (χ2n) is 3.66. The standard InChI is InChI=1S/C12H8Br2ClFS/c1-6-4-17-5-8(6)12(14)7-2-10(15)9(13)3-11(7)16/h2-5,12H,1H3. The molecule has 0 radical (unpaired) electrons. The highest BCUT2D eigenvalue weighted by atomic mass is 79.9. The van der Waals surface area contributed by atoms with Gasteiger partial charge in [-0.1, -0.05) is 27.5 Å². The van der Waals surface area contributed by atoms with Crippen molar-refractivity contribution in [3.8, 4) is 0 Å². The fourth-order valence-electron chi connectivity index (χ4n) is 1.53. The molecule has 0 aliphatic rings. The number of thiophene rings is 1. The van der Waals surface area contributed by atoms with Crippen molar-refractivity contribution in [3.63, 3.8) is 0 Å². The first-order valence-electron chi connectivity index (χ1n) is 4.82. The number of rotatable bonds is 2. The minimum Gasteiger partial charge on any atom is -0.207 e. The zero-order valence-electron chi connectivity index (χ0n) is 8.81. The van der Waals surface area contributed by atoms with Gasteiger partial charge in [-0.05, 0) is 56.9 Å². The van der Waals surface area contributed by atoms with E-state index in [4.69, 9.17) is 11.6 Å². The van der Waals surface area contributed by atoms with Crippen LogP contribution in [0, 0.1) is 12.7 Å². The Labute approximate surface area is 125 Å². The molecular formula is C12H8Br2ClFS. The van der Waals surface area contributed by atoms with E-state index in [-0.39, 0.29) is 10.6 Å². The van der Waals surface area contributed by atoms with Gasteiger partial charge in [0.1, 0.15) is 5.82 Å². The lowest BCUT2D eigenvalue weighted by molar-refractivity contribution is 0.612. The van der Waals surface area contributed by atoms with E-state index in [0.717, 1.165) is 11.1 Å². The third kappa shape index (κ3) is 2.75. The SMILES string of the molecule is Cc1cscc1C(Br)c1cc(Cl)c(Br)cc1F. The van der Waals surface area contributed by atoms with Crippen LogP contribution in [-0.4, -0.2) is 0 Å². The van der Waals surface area contributed by atoms with Crippen LogP contribution in [0.2, 0.25) is 5.02 Å². The van der Waals surface area contributed by atoms with Crippen molar-refractivity contribution >= 4 is 54.8 Å². The molecule has 0 aliphatic heterocycles. The summed E-state index contributed by atoms with van der Waals surface area (Å²) < 4.78 is 14.5. The average Bonchev–Trinajstić information content (AvgIpc) is 2.69. The molecule has 0 spiro atoms. The summed E-state index contributed by atoms with van der Waals surface area (Å²) in [6.45, 7) is 2.01. The minimum atomic E-state index is -0.270. The zero-order chi connectivity index (χ0) is 12.6. The van der Waals surface area contributed by atoms with E-state index in [1.54, 1.807) is 17.4 Å². The van der Waals surface area contributed by atoms with E-state index >= 15 is 0 Å². The number of benzene rings is 1. The molecule has 0 nitrogen and oxygen atoms in total. The summed E-state index contributed by atoms with van der Waals surface area (Å²) in [6.07, 6.45) is 0. The van der Waals surface area contributed by atoms with Crippen molar-refractivity contribution in [3.05, 3.63) is 54.9 Å². The maximum atomic E-state index is 13.9. The highest BCUT2D eigenvalue weighted by molar-refractivity contribution is 9.10. The molecule has 5 heteroatoms. The van der Waals surface area contributed by atoms with Crippen molar-refractivity contribution in [1.82, 2.24) is 0 Å². The molecule has 0 amide bonds. The monoisotopic (exact) mass is 396 g/mol. The molecule has 2 aromatic rings. The summed E-state index contributed by atoms with van der Waals surface area (Å²) >= 11 is 14.3. The van der Waals surface area contributed by atoms with Crippen LogP contribution >= 0.6 is 54.8 Å². The quantitative estimate of drug-likeness (QED) is 0.424. The third-order valence-corrected chi connectivity index (χ3v) is 5.54. The van der Waals surface area contributed by atoms with E-state index < -0.39 is 0 Å². The molecule has 90 valence electrons. The fourth-order valence-corrected chi connectivity index (χ4v) is 3.91. The van der Waals surface area contributed by atoms with Gasteiger partial charge in [0.2, 0.25) is 0 Å². The maximum Gasteiger partial charge on any atom is 0.129 e. The van der Waals surface area contributed by atoms with Gasteiger partial charge >= 0.3 is 0 Å². The average molecular weight is 399 g/mol. The van der Waals surface area contributed by atoms with Crippen molar-refractivity contribution in [2.24, 2.45) is 0 Å². The van der Waals surface area contributed by atoms with E-state index in [1.807, 2.05) is 17.7 Å². The lowest BCUT2D eigenvalue weighted by Gasteiger charge is -2.12. The number of hydrogen-bond acceptors (Lipinski definition) is 1. The number of halogens is 4. The second kappa shape index (κ2) is 5.39. The molecule has 0 saturated carbocycles. The summed E-state index contributed by atoms with van der Waals surface area (Å²) in [5.41, 5.74) is 2.78. The summed E-state index contributed by atoms with van der Waals surface area (Å²) in [4.78, 5) is -0.167. The molecule has 1 atom stereocenters. The Morgan fingerprint density at radius 2 is 2.00 bits per heavy atom. The predicted molar refractivity (Wildman–Crippen MR) is 78.9 cm³/mol. The molecule has 0 saturated heterocycles. The summed E-state index contributed by atoms with van der Waals surface area (Å²) in [7, 11) is 0. The largest absolute Gasteiger partial charge is 0.207 e. The van der Waals surface area contributed by atoms with Crippen LogP contribution in [0.5, 0.6) is 0 Å². The van der Waals surface area contributed by atoms with E-state index in [0.29, 0.717) is 15.1 Å². The van der Waals surface area contributed by atoms with Crippen molar-refractivity contribution < 1.29 is 4.39 Å². The molecule has 2 rings (SSSR count). The smallest absolute Gasteiger partial charge is 0.129 e. The van der Waals surface area contributed by atoms with Gasteiger partial charge in [0.05, 0.1) is 9.85 Å². The van der Waals surface area contributed by atoms with Gasteiger partial charge in [-0.2, -0.15) is 11.3 Å². The number of alkyl halides is 1. The Hall–Kier alpha value is 0.1000. The van der Waals surface area contributed by atoms with E-state index in [1.165, 1.54) is 6.07 Å². The molecule has 1 aromatic carbocycles. The maximum absolute atomic E-state index is 13.9. The van der Waals surface area contributed by atoms with Crippen LogP contribution in [0.25, 0.3) is 0 Å². The van der Waals surface area contributed by atoms with Gasteiger partial charge < -0.3 is 0 Å². The lowest BCUT2D eigenvalue weighted by atomic mass is 10.0. The van der Waals surface area contributed by atoms with Crippen molar-refractivity contribution in [2.75, 3.05) is 0 Å². The number of aryl methyl sites for hydroxylation is 1. The highest BCUT2D eigenvalue weighted by Gasteiger charge is 2.18. The predicted octanol–water partition coefficient (Wildman–Crippen LogP) is 6.10. The molecule has 0 bridgehead atoms. The molecule has 1 heterocycles. The van der Waals surface area contributed by atoms with Crippen molar-refractivity contribution in [1.29, 1.82) is 0 Å². The minimum absolute atomic E-state index is 0.167. The molecular weight excluding hydrogens is 390 g/mol. The van der Waals surface area contributed by atoms with Gasteiger partial charge in [0.25, 0.3) is 0 Å². The third-order valence-electron chi connectivity index (χ3n) is 2.48. The first-order chi connectivity index (χ1) is 8.00. The molecule has 17 heavy (non-hydrogen) atoms. The summed E-state index contributed by atoms with van der Waals surface area (Å²) in [6, 6.07) is 3.05. The Morgan fingerprint density at radius 3 is 2.59 bits per heavy atom. The summed E-state index contributed by atoms with van der Waals surface area (Å²) in [5.74, 6) is -0.270. The molecule has 0 N–H and O–H groups in total. The van der Waals surface area contributed by atoms with E-state index in [2.05, 4.69) is 31.9 Å². The first-order valence-corrected chi connectivity index (χ1v) is 7.85. The Bertz CT molecular complexity index is 553. The molecule has 0 aliphatic carbocycles. The normalized spacial score (nSPS) is 12.8. The van der Waals surface area contributed by atoms with Gasteiger partial charge in [-0.3, -0.25) is 0 Å². The highest BCUT2D eigenvalue weighted by Crippen LogP contribution is 2.38. The Morgan fingerprint density at radius 1 is 1.29 bits per heavy atom. The van der Waals surface area contributed by atoms with Gasteiger partial charge in [-0.25, -0.2) is 4.39 Å². The van der Waals surface area contributed by atoms with Crippen LogP contribution in [0.1, 0.15) is 21.5 Å². The topological polar surface area (TPSA) is 0 Å². The summed E-state index contributed by atoms with van der Waals surface area (Å²) in [5, 5.41) is 4.57. The van der Waals surface area contributed by atoms with Crippen LogP contribution in [0.15, 0.2) is 27.4 Å². The second-order valence-corrected chi connectivity index (χ2v) is 6.58. The van der Waals surface area contributed by atoms with Crippen molar-refractivity contribution in [2.45, 2.75) is 11.8 Å². The van der Waals surface area contributed by atoms with Crippen LogP contribution in [-0.2, 0) is 0 Å². The first kappa shape index (κ1) is 13.5. The molecule has 0 fully saturated rings. The van der Waals surface area contributed by atoms with Crippen LogP contribution < -0.4 is 0 Å². The van der Waals surface area contributed by atoms with Crippen LogP contribution in [0.4, 0.5) is 4.39 Å². The van der Waals surface area contributed by atoms with Gasteiger partial charge in [0, 0.05) is 10.0 Å². The molecule has 1 unspecified atom stereocenters. The fraction of sp³-hybridized carbons (Fsp3) is 0.167. The van der Waals surface area contributed by atoms with E-state index in [9.17, 15) is 4.39 Å². The van der Waals surface area contributed by atoms with Gasteiger partial charge in [-0.15, -0.1) is 0 Å². The molecule has 1 aromatic heterocycles. The Balaban J connectivity index is 2.48. The zero-order valence-corrected chi connectivity index (χ0v) is 13.6. The van der Waals surface area contributed by atoms with Gasteiger partial charge in [0.15, 0.2) is 0 Å². The lowest BCUT2D eigenvalue weighted by Crippen LogP contribution is -1.97.